The summed E-state index contributed by atoms with van der Waals surface area (Å²) < 4.78 is 36.0. The Balaban J connectivity index is 3.17. The molecule has 0 heterocycles. The number of esters is 2. The molecule has 1 N–H and O–H groups in total. The second kappa shape index (κ2) is 10.9. The molecular formula is C19H28N2O7S. The Kier molecular flexibility index (Phi) is 9.25. The van der Waals surface area contributed by atoms with Crippen LogP contribution in [-0.2, 0) is 29.1 Å². The van der Waals surface area contributed by atoms with Gasteiger partial charge in [-0.3, -0.25) is 9.59 Å². The van der Waals surface area contributed by atoms with E-state index in [4.69, 9.17) is 0 Å². The highest BCUT2D eigenvalue weighted by Crippen LogP contribution is 2.20. The summed E-state index contributed by atoms with van der Waals surface area (Å²) in [5, 5.41) is 2.51. The van der Waals surface area contributed by atoms with Gasteiger partial charge in [0.2, 0.25) is 10.0 Å². The van der Waals surface area contributed by atoms with Gasteiger partial charge in [-0.2, -0.15) is 4.31 Å². The molecule has 1 atom stereocenters. The van der Waals surface area contributed by atoms with Crippen LogP contribution in [0.15, 0.2) is 23.1 Å². The Hall–Kier alpha value is -2.46. The van der Waals surface area contributed by atoms with Gasteiger partial charge >= 0.3 is 11.9 Å². The number of nitrogens with one attached hydrogen (secondary N) is 1. The summed E-state index contributed by atoms with van der Waals surface area (Å²) in [6.07, 6.45) is -0.104. The van der Waals surface area contributed by atoms with Crippen molar-refractivity contribution in [1.29, 1.82) is 0 Å². The summed E-state index contributed by atoms with van der Waals surface area (Å²) in [5.41, 5.74) is 0.655. The molecule has 0 aromatic heterocycles. The molecule has 0 saturated carbocycles. The van der Waals surface area contributed by atoms with Crippen molar-refractivity contribution >= 4 is 27.9 Å². The molecule has 0 aliphatic heterocycles. The van der Waals surface area contributed by atoms with E-state index in [1.54, 1.807) is 20.8 Å². The molecule has 1 amide bonds. The molecule has 0 aliphatic rings. The van der Waals surface area contributed by atoms with Crippen molar-refractivity contribution in [1.82, 2.24) is 9.62 Å². The smallest absolute Gasteiger partial charge is 0.328 e. The number of carbonyl (C=O) groups is 3. The van der Waals surface area contributed by atoms with Crippen LogP contribution < -0.4 is 5.32 Å². The lowest BCUT2D eigenvalue weighted by molar-refractivity contribution is -0.144. The normalized spacial score (nSPS) is 12.3. The molecule has 0 fully saturated rings. The lowest BCUT2D eigenvalue weighted by Crippen LogP contribution is -2.42. The van der Waals surface area contributed by atoms with E-state index in [2.05, 4.69) is 14.8 Å². The molecule has 162 valence electrons. The summed E-state index contributed by atoms with van der Waals surface area (Å²) in [4.78, 5) is 36.1. The van der Waals surface area contributed by atoms with Crippen LogP contribution in [0.5, 0.6) is 0 Å². The van der Waals surface area contributed by atoms with Crippen molar-refractivity contribution < 1.29 is 32.3 Å². The van der Waals surface area contributed by atoms with E-state index in [0.717, 1.165) is 0 Å². The molecule has 0 bridgehead atoms. The van der Waals surface area contributed by atoms with E-state index in [0.29, 0.717) is 18.7 Å². The molecule has 9 nitrogen and oxygen atoms in total. The maximum absolute atomic E-state index is 12.8. The topological polar surface area (TPSA) is 119 Å². The SMILES string of the molecule is CCN(CC)S(=O)(=O)c1ccc(C)c(C(=O)NC(CCC(=O)OC)C(=O)OC)c1. The fraction of sp³-hybridized carbons (Fsp3) is 0.526. The van der Waals surface area contributed by atoms with Crippen LogP contribution in [-0.4, -0.2) is 63.9 Å². The fourth-order valence-corrected chi connectivity index (χ4v) is 4.20. The quantitative estimate of drug-likeness (QED) is 0.557. The number of benzene rings is 1. The number of sulfonamides is 1. The van der Waals surface area contributed by atoms with Crippen molar-refractivity contribution in [3.63, 3.8) is 0 Å². The molecule has 1 rings (SSSR count). The minimum absolute atomic E-state index is 0.0123. The third-order valence-electron chi connectivity index (χ3n) is 4.45. The molecule has 0 radical (unpaired) electrons. The molecular weight excluding hydrogens is 400 g/mol. The van der Waals surface area contributed by atoms with Gasteiger partial charge in [-0.05, 0) is 31.0 Å². The van der Waals surface area contributed by atoms with Gasteiger partial charge < -0.3 is 14.8 Å². The molecule has 1 unspecified atom stereocenters. The first-order valence-corrected chi connectivity index (χ1v) is 10.6. The largest absolute Gasteiger partial charge is 0.469 e. The monoisotopic (exact) mass is 428 g/mol. The predicted octanol–water partition coefficient (Wildman–Crippen LogP) is 1.25. The minimum Gasteiger partial charge on any atom is -0.469 e. The Morgan fingerprint density at radius 2 is 1.72 bits per heavy atom. The fourth-order valence-electron chi connectivity index (χ4n) is 2.71. The highest BCUT2D eigenvalue weighted by atomic mass is 32.2. The van der Waals surface area contributed by atoms with Crippen molar-refractivity contribution in [2.24, 2.45) is 0 Å². The number of hydrogen-bond donors (Lipinski definition) is 1. The van der Waals surface area contributed by atoms with Gasteiger partial charge in [-0.15, -0.1) is 0 Å². The lowest BCUT2D eigenvalue weighted by atomic mass is 10.1. The average Bonchev–Trinajstić information content (AvgIpc) is 2.70. The number of carbonyl (C=O) groups excluding carboxylic acids is 3. The zero-order valence-electron chi connectivity index (χ0n) is 17.4. The second-order valence-corrected chi connectivity index (χ2v) is 8.17. The zero-order valence-corrected chi connectivity index (χ0v) is 18.2. The summed E-state index contributed by atoms with van der Waals surface area (Å²) >= 11 is 0. The number of aryl methyl sites for hydroxylation is 1. The molecule has 1 aromatic carbocycles. The highest BCUT2D eigenvalue weighted by Gasteiger charge is 2.26. The number of methoxy groups -OCH3 is 2. The maximum Gasteiger partial charge on any atom is 0.328 e. The number of nitrogens with zero attached hydrogens (tertiary/aromatic N) is 1. The highest BCUT2D eigenvalue weighted by molar-refractivity contribution is 7.89. The molecule has 0 saturated heterocycles. The molecule has 10 heteroatoms. The van der Waals surface area contributed by atoms with Crippen LogP contribution in [0, 0.1) is 6.92 Å². The molecule has 29 heavy (non-hydrogen) atoms. The van der Waals surface area contributed by atoms with Gasteiger partial charge in [0.25, 0.3) is 5.91 Å². The van der Waals surface area contributed by atoms with Gasteiger partial charge in [-0.1, -0.05) is 19.9 Å². The number of ether oxygens (including phenoxy) is 2. The first kappa shape index (κ1) is 24.6. The van der Waals surface area contributed by atoms with Gasteiger partial charge in [0.15, 0.2) is 0 Å². The van der Waals surface area contributed by atoms with Gasteiger partial charge in [0, 0.05) is 25.1 Å². The molecule has 0 aliphatic carbocycles. The molecule has 0 spiro atoms. The summed E-state index contributed by atoms with van der Waals surface area (Å²) in [6.45, 7) is 5.71. The summed E-state index contributed by atoms with van der Waals surface area (Å²) in [7, 11) is -1.36. The second-order valence-electron chi connectivity index (χ2n) is 6.23. The van der Waals surface area contributed by atoms with Crippen LogP contribution in [0.25, 0.3) is 0 Å². The average molecular weight is 429 g/mol. The Morgan fingerprint density at radius 1 is 1.10 bits per heavy atom. The van der Waals surface area contributed by atoms with Crippen LogP contribution in [0.4, 0.5) is 0 Å². The minimum atomic E-state index is -3.75. The van der Waals surface area contributed by atoms with Crippen LogP contribution in [0.1, 0.15) is 42.6 Å². The standard InChI is InChI=1S/C19H28N2O7S/c1-6-21(7-2)29(25,26)14-9-8-13(3)15(12-14)18(23)20-16(19(24)28-5)10-11-17(22)27-4/h8-9,12,16H,6-7,10-11H2,1-5H3,(H,20,23). The number of rotatable bonds is 10. The van der Waals surface area contributed by atoms with Crippen LogP contribution >= 0.6 is 0 Å². The third kappa shape index (κ3) is 6.26. The van der Waals surface area contributed by atoms with Crippen molar-refractivity contribution in [2.45, 2.75) is 44.6 Å². The van der Waals surface area contributed by atoms with Crippen LogP contribution in [0.2, 0.25) is 0 Å². The number of amides is 1. The Labute approximate surface area is 171 Å². The van der Waals surface area contributed by atoms with Gasteiger partial charge in [0.1, 0.15) is 6.04 Å². The number of hydrogen-bond acceptors (Lipinski definition) is 7. The third-order valence-corrected chi connectivity index (χ3v) is 6.50. The molecule has 1 aromatic rings. The maximum atomic E-state index is 12.8. The van der Waals surface area contributed by atoms with Crippen LogP contribution in [0.3, 0.4) is 0 Å². The van der Waals surface area contributed by atoms with Crippen molar-refractivity contribution in [2.75, 3.05) is 27.3 Å². The Morgan fingerprint density at radius 3 is 2.24 bits per heavy atom. The van der Waals surface area contributed by atoms with Crippen molar-refractivity contribution in [3.8, 4) is 0 Å². The van der Waals surface area contributed by atoms with E-state index in [1.807, 2.05) is 0 Å². The summed E-state index contributed by atoms with van der Waals surface area (Å²) in [6, 6.07) is 3.18. The van der Waals surface area contributed by atoms with Gasteiger partial charge in [-0.25, -0.2) is 13.2 Å². The Bertz CT molecular complexity index is 848. The van der Waals surface area contributed by atoms with E-state index in [9.17, 15) is 22.8 Å². The predicted molar refractivity (Wildman–Crippen MR) is 106 cm³/mol. The van der Waals surface area contributed by atoms with E-state index >= 15 is 0 Å². The van der Waals surface area contributed by atoms with Gasteiger partial charge in [0.05, 0.1) is 19.1 Å². The zero-order chi connectivity index (χ0) is 22.2. The van der Waals surface area contributed by atoms with E-state index in [1.165, 1.54) is 36.7 Å². The first-order chi connectivity index (χ1) is 13.6. The van der Waals surface area contributed by atoms with Crippen molar-refractivity contribution in [3.05, 3.63) is 29.3 Å². The first-order valence-electron chi connectivity index (χ1n) is 9.18. The van der Waals surface area contributed by atoms with E-state index in [-0.39, 0.29) is 23.3 Å². The van der Waals surface area contributed by atoms with E-state index < -0.39 is 33.9 Å². The summed E-state index contributed by atoms with van der Waals surface area (Å²) in [5.74, 6) is -1.89. The lowest BCUT2D eigenvalue weighted by Gasteiger charge is -2.20.